The minimum absolute atomic E-state index is 0.482. The van der Waals surface area contributed by atoms with Crippen molar-refractivity contribution in [1.82, 2.24) is 0 Å². The predicted octanol–water partition coefficient (Wildman–Crippen LogP) is 3.26. The number of halogens is 1. The number of aliphatic hydroxyl groups excluding tert-OH is 1. The van der Waals surface area contributed by atoms with Gasteiger partial charge in [0.1, 0.15) is 0 Å². The summed E-state index contributed by atoms with van der Waals surface area (Å²) in [6.45, 7) is 1.99. The van der Waals surface area contributed by atoms with Crippen LogP contribution in [0.25, 0.3) is 0 Å². The summed E-state index contributed by atoms with van der Waals surface area (Å²) >= 11 is 5.74. The molecular weight excluding hydrogens is 240 g/mol. The molecule has 0 spiro atoms. The molecule has 0 aliphatic heterocycles. The normalized spacial score (nSPS) is 14.3. The molecule has 1 rings (SSSR count). The highest BCUT2D eigenvalue weighted by Crippen LogP contribution is 2.27. The second-order valence-electron chi connectivity index (χ2n) is 4.08. The smallest absolute Gasteiger partial charge is 0.309 e. The quantitative estimate of drug-likeness (QED) is 0.821. The molecule has 0 saturated carbocycles. The molecule has 2 unspecified atom stereocenters. The van der Waals surface area contributed by atoms with E-state index in [1.54, 1.807) is 24.3 Å². The van der Waals surface area contributed by atoms with E-state index in [9.17, 15) is 9.90 Å². The average molecular weight is 257 g/mol. The summed E-state index contributed by atoms with van der Waals surface area (Å²) in [5.74, 6) is -1.71. The monoisotopic (exact) mass is 256 g/mol. The molecule has 0 aromatic heterocycles. The van der Waals surface area contributed by atoms with Gasteiger partial charge in [-0.25, -0.2) is 0 Å². The molecule has 3 nitrogen and oxygen atoms in total. The summed E-state index contributed by atoms with van der Waals surface area (Å²) in [5.41, 5.74) is 0.595. The first-order chi connectivity index (χ1) is 8.06. The van der Waals surface area contributed by atoms with Crippen molar-refractivity contribution in [3.8, 4) is 0 Å². The van der Waals surface area contributed by atoms with Gasteiger partial charge in [-0.1, -0.05) is 43.5 Å². The molecule has 17 heavy (non-hydrogen) atoms. The van der Waals surface area contributed by atoms with Gasteiger partial charge in [-0.15, -0.1) is 0 Å². The molecule has 0 radical (unpaired) electrons. The van der Waals surface area contributed by atoms with Crippen LogP contribution >= 0.6 is 11.6 Å². The van der Waals surface area contributed by atoms with E-state index in [-0.39, 0.29) is 0 Å². The zero-order chi connectivity index (χ0) is 12.8. The lowest BCUT2D eigenvalue weighted by Gasteiger charge is -2.19. The van der Waals surface area contributed by atoms with Crippen molar-refractivity contribution in [1.29, 1.82) is 0 Å². The van der Waals surface area contributed by atoms with Crippen LogP contribution in [0.2, 0.25) is 5.02 Å². The molecule has 2 atom stereocenters. The Morgan fingerprint density at radius 2 is 1.94 bits per heavy atom. The van der Waals surface area contributed by atoms with Gasteiger partial charge in [-0.3, -0.25) is 4.79 Å². The summed E-state index contributed by atoms with van der Waals surface area (Å²) in [4.78, 5) is 11.1. The third-order valence-corrected chi connectivity index (χ3v) is 3.03. The second-order valence-corrected chi connectivity index (χ2v) is 4.52. The van der Waals surface area contributed by atoms with Gasteiger partial charge in [-0.2, -0.15) is 0 Å². The van der Waals surface area contributed by atoms with Crippen molar-refractivity contribution in [2.45, 2.75) is 32.3 Å². The number of carboxylic acids is 1. The second kappa shape index (κ2) is 6.62. The predicted molar refractivity (Wildman–Crippen MR) is 67.1 cm³/mol. The van der Waals surface area contributed by atoms with Crippen LogP contribution in [0.1, 0.15) is 37.9 Å². The van der Waals surface area contributed by atoms with E-state index in [0.29, 0.717) is 17.0 Å². The van der Waals surface area contributed by atoms with E-state index in [1.807, 2.05) is 6.92 Å². The Kier molecular flexibility index (Phi) is 5.45. The van der Waals surface area contributed by atoms with Crippen LogP contribution in [0.3, 0.4) is 0 Å². The number of aliphatic carboxylic acids is 1. The number of carboxylic acid groups (broad SMARTS) is 1. The first-order valence-corrected chi connectivity index (χ1v) is 6.10. The Balaban J connectivity index is 2.79. The van der Waals surface area contributed by atoms with E-state index < -0.39 is 18.0 Å². The number of unbranched alkanes of at least 4 members (excludes halogenated alkanes) is 1. The first kappa shape index (κ1) is 14.0. The Morgan fingerprint density at radius 1 is 1.35 bits per heavy atom. The van der Waals surface area contributed by atoms with E-state index >= 15 is 0 Å². The van der Waals surface area contributed by atoms with Gasteiger partial charge in [0.15, 0.2) is 0 Å². The largest absolute Gasteiger partial charge is 0.481 e. The molecule has 0 fully saturated rings. The zero-order valence-corrected chi connectivity index (χ0v) is 10.5. The van der Waals surface area contributed by atoms with Gasteiger partial charge in [0, 0.05) is 5.02 Å². The maximum absolute atomic E-state index is 11.1. The van der Waals surface area contributed by atoms with Gasteiger partial charge in [0.05, 0.1) is 12.0 Å². The zero-order valence-electron chi connectivity index (χ0n) is 9.77. The van der Waals surface area contributed by atoms with E-state index in [4.69, 9.17) is 16.7 Å². The molecule has 0 aliphatic carbocycles. The van der Waals surface area contributed by atoms with Crippen LogP contribution in [0.15, 0.2) is 24.3 Å². The molecule has 0 saturated heterocycles. The number of benzene rings is 1. The number of rotatable bonds is 6. The highest BCUT2D eigenvalue weighted by Gasteiger charge is 2.26. The highest BCUT2D eigenvalue weighted by molar-refractivity contribution is 6.30. The molecule has 94 valence electrons. The standard InChI is InChI=1S/C13H17ClO3/c1-2-3-4-11(13(16)17)12(15)9-5-7-10(14)8-6-9/h5-8,11-12,15H,2-4H2,1H3,(H,16,17). The van der Waals surface area contributed by atoms with E-state index in [0.717, 1.165) is 12.8 Å². The van der Waals surface area contributed by atoms with Crippen molar-refractivity contribution in [2.24, 2.45) is 5.92 Å². The fraction of sp³-hybridized carbons (Fsp3) is 0.462. The molecule has 0 bridgehead atoms. The highest BCUT2D eigenvalue weighted by atomic mass is 35.5. The van der Waals surface area contributed by atoms with E-state index in [2.05, 4.69) is 0 Å². The molecule has 0 aliphatic rings. The summed E-state index contributed by atoms with van der Waals surface area (Å²) in [5, 5.41) is 19.7. The molecule has 0 heterocycles. The number of hydrogen-bond acceptors (Lipinski definition) is 2. The molecule has 1 aromatic rings. The molecule has 1 aromatic carbocycles. The maximum Gasteiger partial charge on any atom is 0.309 e. The van der Waals surface area contributed by atoms with Gasteiger partial charge in [0.25, 0.3) is 0 Å². The third kappa shape index (κ3) is 4.02. The summed E-state index contributed by atoms with van der Waals surface area (Å²) in [7, 11) is 0. The van der Waals surface area contributed by atoms with Gasteiger partial charge in [0.2, 0.25) is 0 Å². The Labute approximate surface area is 106 Å². The van der Waals surface area contributed by atoms with Gasteiger partial charge < -0.3 is 10.2 Å². The van der Waals surface area contributed by atoms with Crippen molar-refractivity contribution in [3.05, 3.63) is 34.9 Å². The summed E-state index contributed by atoms with van der Waals surface area (Å²) in [6.07, 6.45) is 1.21. The minimum Gasteiger partial charge on any atom is -0.481 e. The van der Waals surface area contributed by atoms with Crippen molar-refractivity contribution < 1.29 is 15.0 Å². The maximum atomic E-state index is 11.1. The number of carbonyl (C=O) groups is 1. The Hall–Kier alpha value is -1.06. The van der Waals surface area contributed by atoms with Crippen LogP contribution in [0, 0.1) is 5.92 Å². The molecule has 0 amide bonds. The fourth-order valence-corrected chi connectivity index (χ4v) is 1.86. The molecule has 4 heteroatoms. The SMILES string of the molecule is CCCCC(C(=O)O)C(O)c1ccc(Cl)cc1. The molecule has 2 N–H and O–H groups in total. The van der Waals surface area contributed by atoms with Crippen LogP contribution in [0.4, 0.5) is 0 Å². The topological polar surface area (TPSA) is 57.5 Å². The lowest BCUT2D eigenvalue weighted by Crippen LogP contribution is -2.22. The van der Waals surface area contributed by atoms with E-state index in [1.165, 1.54) is 0 Å². The fourth-order valence-electron chi connectivity index (χ4n) is 1.73. The summed E-state index contributed by atoms with van der Waals surface area (Å²) < 4.78 is 0. The van der Waals surface area contributed by atoms with Crippen LogP contribution in [0.5, 0.6) is 0 Å². The van der Waals surface area contributed by atoms with Crippen LogP contribution in [-0.4, -0.2) is 16.2 Å². The Bertz CT molecular complexity index is 361. The minimum atomic E-state index is -0.976. The van der Waals surface area contributed by atoms with Gasteiger partial charge in [-0.05, 0) is 24.1 Å². The lowest BCUT2D eigenvalue weighted by molar-refractivity contribution is -0.146. The third-order valence-electron chi connectivity index (χ3n) is 2.78. The van der Waals surface area contributed by atoms with Crippen molar-refractivity contribution >= 4 is 17.6 Å². The number of aliphatic hydroxyl groups is 1. The van der Waals surface area contributed by atoms with Crippen molar-refractivity contribution in [2.75, 3.05) is 0 Å². The van der Waals surface area contributed by atoms with Gasteiger partial charge >= 0.3 is 5.97 Å². The Morgan fingerprint density at radius 3 is 2.41 bits per heavy atom. The van der Waals surface area contributed by atoms with Crippen molar-refractivity contribution in [3.63, 3.8) is 0 Å². The van der Waals surface area contributed by atoms with Crippen LogP contribution in [-0.2, 0) is 4.79 Å². The number of hydrogen-bond donors (Lipinski definition) is 2. The average Bonchev–Trinajstić information content (AvgIpc) is 2.29. The first-order valence-electron chi connectivity index (χ1n) is 5.72. The van der Waals surface area contributed by atoms with Crippen LogP contribution < -0.4 is 0 Å². The lowest BCUT2D eigenvalue weighted by atomic mass is 9.91. The molecular formula is C13H17ClO3. The summed E-state index contributed by atoms with van der Waals surface area (Å²) in [6, 6.07) is 6.63.